The Kier molecular flexibility index (Phi) is 10.4. The van der Waals surface area contributed by atoms with Crippen molar-refractivity contribution in [2.75, 3.05) is 9.80 Å². The Balaban J connectivity index is 1.07. The number of aryl methyl sites for hydroxylation is 1. The average Bonchev–Trinajstić information content (AvgIpc) is 3.30. The van der Waals surface area contributed by atoms with E-state index in [1.165, 1.54) is 37.4 Å². The lowest BCUT2D eigenvalue weighted by Gasteiger charge is -2.34. The molecule has 0 fully saturated rings. The Morgan fingerprint density at radius 3 is 0.828 bits per heavy atom. The van der Waals surface area contributed by atoms with Crippen molar-refractivity contribution in [1.82, 2.24) is 0 Å². The predicted octanol–water partition coefficient (Wildman–Crippen LogP) is 12.0. The van der Waals surface area contributed by atoms with Gasteiger partial charge in [-0.15, -0.1) is 0 Å². The van der Waals surface area contributed by atoms with E-state index in [4.69, 9.17) is 0 Å². The lowest BCUT2D eigenvalue weighted by atomic mass is 10.0. The minimum absolute atomic E-state index is 1.09. The van der Waals surface area contributed by atoms with Crippen LogP contribution >= 0.6 is 0 Å². The zero-order chi connectivity index (χ0) is 39.2. The first-order chi connectivity index (χ1) is 28.7. The van der Waals surface area contributed by atoms with Crippen molar-refractivity contribution in [3.63, 3.8) is 0 Å². The van der Waals surface area contributed by atoms with E-state index in [0.29, 0.717) is 0 Å². The summed E-state index contributed by atoms with van der Waals surface area (Å²) in [6.07, 6.45) is 0. The topological polar surface area (TPSA) is 6.48 Å². The molecule has 58 heavy (non-hydrogen) atoms. The van der Waals surface area contributed by atoms with E-state index in [1.807, 2.05) is 0 Å². The molecule has 0 aliphatic carbocycles. The second-order valence-electron chi connectivity index (χ2n) is 14.7. The number of anilines is 6. The summed E-state index contributed by atoms with van der Waals surface area (Å²) in [5, 5.41) is 5.49. The second-order valence-corrected chi connectivity index (χ2v) is 18.5. The molecular formula is C55H44N2Si. The Morgan fingerprint density at radius 2 is 0.483 bits per heavy atom. The molecule has 0 radical (unpaired) electrons. The zero-order valence-electron chi connectivity index (χ0n) is 32.6. The summed E-state index contributed by atoms with van der Waals surface area (Å²) in [7, 11) is -2.59. The number of hydrogen-bond donors (Lipinski definition) is 0. The van der Waals surface area contributed by atoms with Crippen LogP contribution in [0, 0.1) is 6.92 Å². The van der Waals surface area contributed by atoms with E-state index < -0.39 is 8.07 Å². The molecule has 0 amide bonds. The first kappa shape index (κ1) is 36.4. The normalized spacial score (nSPS) is 11.2. The molecular weight excluding hydrogens is 717 g/mol. The van der Waals surface area contributed by atoms with Crippen molar-refractivity contribution in [2.45, 2.75) is 6.92 Å². The highest BCUT2D eigenvalue weighted by Gasteiger charge is 2.41. The number of benzene rings is 9. The van der Waals surface area contributed by atoms with E-state index >= 15 is 0 Å². The van der Waals surface area contributed by atoms with E-state index in [9.17, 15) is 0 Å². The first-order valence-corrected chi connectivity index (χ1v) is 21.9. The van der Waals surface area contributed by atoms with Crippen LogP contribution in [0.5, 0.6) is 0 Å². The Hall–Kier alpha value is -7.20. The van der Waals surface area contributed by atoms with Gasteiger partial charge < -0.3 is 9.80 Å². The molecule has 0 aliphatic rings. The van der Waals surface area contributed by atoms with Crippen LogP contribution in [0.25, 0.3) is 11.1 Å². The summed E-state index contributed by atoms with van der Waals surface area (Å²) < 4.78 is 0. The van der Waals surface area contributed by atoms with Crippen molar-refractivity contribution in [3.05, 3.63) is 254 Å². The van der Waals surface area contributed by atoms with Gasteiger partial charge in [0.2, 0.25) is 0 Å². The van der Waals surface area contributed by atoms with E-state index in [0.717, 1.165) is 34.1 Å². The summed E-state index contributed by atoms with van der Waals surface area (Å²) in [6, 6.07) is 90.4. The molecule has 0 atom stereocenters. The van der Waals surface area contributed by atoms with Crippen LogP contribution in [0.4, 0.5) is 34.1 Å². The van der Waals surface area contributed by atoms with Gasteiger partial charge in [-0.25, -0.2) is 0 Å². The molecule has 0 N–H and O–H groups in total. The number of rotatable bonds is 11. The molecule has 0 unspecified atom stereocenters. The highest BCUT2D eigenvalue weighted by atomic mass is 28.3. The summed E-state index contributed by atoms with van der Waals surface area (Å²) in [5.74, 6) is 0. The van der Waals surface area contributed by atoms with Gasteiger partial charge in [0.1, 0.15) is 0 Å². The van der Waals surface area contributed by atoms with Gasteiger partial charge in [0.05, 0.1) is 0 Å². The minimum Gasteiger partial charge on any atom is -0.311 e. The molecule has 9 rings (SSSR count). The molecule has 0 spiro atoms. The van der Waals surface area contributed by atoms with Crippen LogP contribution in [0.2, 0.25) is 0 Å². The fourth-order valence-corrected chi connectivity index (χ4v) is 13.0. The largest absolute Gasteiger partial charge is 0.311 e. The predicted molar refractivity (Wildman–Crippen MR) is 250 cm³/mol. The van der Waals surface area contributed by atoms with Gasteiger partial charge in [0, 0.05) is 34.1 Å². The first-order valence-electron chi connectivity index (χ1n) is 19.9. The van der Waals surface area contributed by atoms with Crippen molar-refractivity contribution in [1.29, 1.82) is 0 Å². The van der Waals surface area contributed by atoms with Gasteiger partial charge in [0.15, 0.2) is 8.07 Å². The second kappa shape index (κ2) is 16.5. The van der Waals surface area contributed by atoms with Gasteiger partial charge in [-0.3, -0.25) is 0 Å². The third kappa shape index (κ3) is 7.16. The molecule has 0 aliphatic heterocycles. The van der Waals surface area contributed by atoms with Crippen molar-refractivity contribution in [3.8, 4) is 11.1 Å². The fraction of sp³-hybridized carbons (Fsp3) is 0.0182. The lowest BCUT2D eigenvalue weighted by Crippen LogP contribution is -2.74. The van der Waals surface area contributed by atoms with Crippen molar-refractivity contribution in [2.24, 2.45) is 0 Å². The quantitative estimate of drug-likeness (QED) is 0.0957. The lowest BCUT2D eigenvalue weighted by molar-refractivity contribution is 1.25. The number of nitrogens with zero attached hydrogens (tertiary/aromatic N) is 2. The molecule has 278 valence electrons. The maximum Gasteiger partial charge on any atom is 0.179 e. The average molecular weight is 761 g/mol. The fourth-order valence-electron chi connectivity index (χ4n) is 8.27. The number of hydrogen-bond acceptors (Lipinski definition) is 2. The van der Waals surface area contributed by atoms with Crippen molar-refractivity contribution < 1.29 is 0 Å². The van der Waals surface area contributed by atoms with Crippen LogP contribution in [0.15, 0.2) is 249 Å². The standard InChI is InChI=1S/C55H44N2Si/c1-43-27-33-48(34-28-43)57(51-39-37-50(38-40-51)56(46-17-7-2-8-18-46)47-19-9-3-10-20-47)49-35-29-44(30-36-49)45-31-41-55(42-32-45)58(52-21-11-4-12-22-52,53-23-13-5-14-24-53)54-25-15-6-16-26-54/h2-42H,1H3. The molecule has 0 saturated carbocycles. The minimum atomic E-state index is -2.59. The summed E-state index contributed by atoms with van der Waals surface area (Å²) in [5.41, 5.74) is 10.3. The van der Waals surface area contributed by atoms with Crippen LogP contribution in [0.3, 0.4) is 0 Å². The molecule has 0 aromatic heterocycles. The van der Waals surface area contributed by atoms with E-state index in [1.54, 1.807) is 0 Å². The third-order valence-electron chi connectivity index (χ3n) is 11.1. The van der Waals surface area contributed by atoms with Crippen molar-refractivity contribution >= 4 is 62.9 Å². The van der Waals surface area contributed by atoms with E-state index in [2.05, 4.69) is 265 Å². The van der Waals surface area contributed by atoms with Crippen LogP contribution < -0.4 is 30.5 Å². The van der Waals surface area contributed by atoms with Gasteiger partial charge in [-0.2, -0.15) is 0 Å². The monoisotopic (exact) mass is 760 g/mol. The van der Waals surface area contributed by atoms with Gasteiger partial charge >= 0.3 is 0 Å². The maximum atomic E-state index is 2.37. The number of para-hydroxylation sites is 2. The van der Waals surface area contributed by atoms with Crippen LogP contribution in [-0.4, -0.2) is 8.07 Å². The van der Waals surface area contributed by atoms with Gasteiger partial charge in [0.25, 0.3) is 0 Å². The summed E-state index contributed by atoms with van der Waals surface area (Å²) in [4.78, 5) is 4.64. The smallest absolute Gasteiger partial charge is 0.179 e. The van der Waals surface area contributed by atoms with Gasteiger partial charge in [-0.1, -0.05) is 181 Å². The molecule has 2 nitrogen and oxygen atoms in total. The summed E-state index contributed by atoms with van der Waals surface area (Å²) in [6.45, 7) is 2.14. The van der Waals surface area contributed by atoms with E-state index in [-0.39, 0.29) is 0 Å². The van der Waals surface area contributed by atoms with Gasteiger partial charge in [-0.05, 0) is 112 Å². The zero-order valence-corrected chi connectivity index (χ0v) is 33.6. The molecule has 0 heterocycles. The Morgan fingerprint density at radius 1 is 0.241 bits per heavy atom. The molecule has 3 heteroatoms. The Bertz CT molecular complexity index is 2530. The Labute approximate surface area is 343 Å². The molecule has 0 saturated heterocycles. The maximum absolute atomic E-state index is 2.59. The molecule has 9 aromatic carbocycles. The third-order valence-corrected chi connectivity index (χ3v) is 15.9. The molecule has 0 bridgehead atoms. The SMILES string of the molecule is Cc1ccc(N(c2ccc(-c3ccc([Si](c4ccccc4)(c4ccccc4)c4ccccc4)cc3)cc2)c2ccc(N(c3ccccc3)c3ccccc3)cc2)cc1. The molecule has 9 aromatic rings. The highest BCUT2D eigenvalue weighted by molar-refractivity contribution is 7.19. The highest BCUT2D eigenvalue weighted by Crippen LogP contribution is 2.39. The van der Waals surface area contributed by atoms with Crippen LogP contribution in [-0.2, 0) is 0 Å². The summed E-state index contributed by atoms with van der Waals surface area (Å²) >= 11 is 0. The van der Waals surface area contributed by atoms with Crippen LogP contribution in [0.1, 0.15) is 5.56 Å².